The Labute approximate surface area is 169 Å². The fourth-order valence-corrected chi connectivity index (χ4v) is 3.21. The number of carbonyl (C=O) groups is 2. The summed E-state index contributed by atoms with van der Waals surface area (Å²) < 4.78 is 21.1. The lowest BCUT2D eigenvalue weighted by Gasteiger charge is -2.27. The lowest BCUT2D eigenvalue weighted by Crippen LogP contribution is -2.42. The lowest BCUT2D eigenvalue weighted by molar-refractivity contribution is 0.00148. The molecule has 29 heavy (non-hydrogen) atoms. The van der Waals surface area contributed by atoms with Gasteiger partial charge in [-0.15, -0.1) is 0 Å². The number of nitrogen functional groups attached to an aromatic ring is 1. The summed E-state index contributed by atoms with van der Waals surface area (Å²) in [6, 6.07) is 8.68. The summed E-state index contributed by atoms with van der Waals surface area (Å²) in [6.45, 7) is 3.27. The summed E-state index contributed by atoms with van der Waals surface area (Å²) in [7, 11) is 1.62. The second-order valence-electron chi connectivity index (χ2n) is 6.52. The molecule has 0 radical (unpaired) electrons. The van der Waals surface area contributed by atoms with Crippen LogP contribution in [0.4, 0.5) is 5.69 Å². The molecule has 8 nitrogen and oxygen atoms in total. The van der Waals surface area contributed by atoms with Crippen LogP contribution in [-0.2, 0) is 18.9 Å². The zero-order chi connectivity index (χ0) is 20.6. The molecule has 2 aromatic carbocycles. The van der Waals surface area contributed by atoms with E-state index in [0.717, 1.165) is 5.39 Å². The summed E-state index contributed by atoms with van der Waals surface area (Å²) >= 11 is 0. The first-order valence-electron chi connectivity index (χ1n) is 9.54. The first kappa shape index (κ1) is 21.2. The number of amides is 2. The van der Waals surface area contributed by atoms with E-state index in [9.17, 15) is 9.59 Å². The largest absolute Gasteiger partial charge is 0.398 e. The predicted molar refractivity (Wildman–Crippen MR) is 108 cm³/mol. The maximum Gasteiger partial charge on any atom is 0.261 e. The van der Waals surface area contributed by atoms with Gasteiger partial charge in [0.05, 0.1) is 52.8 Å². The van der Waals surface area contributed by atoms with Gasteiger partial charge in [-0.25, -0.2) is 0 Å². The molecule has 0 spiro atoms. The van der Waals surface area contributed by atoms with E-state index in [1.54, 1.807) is 31.4 Å². The highest BCUT2D eigenvalue weighted by Gasteiger charge is 2.32. The fraction of sp³-hybridized carbons (Fsp3) is 0.429. The van der Waals surface area contributed by atoms with Gasteiger partial charge in [0.2, 0.25) is 0 Å². The topological polar surface area (TPSA) is 100 Å². The average molecular weight is 402 g/mol. The van der Waals surface area contributed by atoms with Crippen LogP contribution in [0.2, 0.25) is 0 Å². The van der Waals surface area contributed by atoms with Crippen molar-refractivity contribution < 1.29 is 28.5 Å². The number of anilines is 1. The number of hydrogen-bond donors (Lipinski definition) is 1. The third-order valence-electron chi connectivity index (χ3n) is 4.66. The van der Waals surface area contributed by atoms with Crippen LogP contribution in [0, 0.1) is 0 Å². The van der Waals surface area contributed by atoms with Crippen LogP contribution in [0.25, 0.3) is 10.8 Å². The van der Waals surface area contributed by atoms with Crippen LogP contribution in [0.15, 0.2) is 30.3 Å². The molecule has 1 aliphatic heterocycles. The van der Waals surface area contributed by atoms with Crippen molar-refractivity contribution in [2.75, 3.05) is 65.6 Å². The van der Waals surface area contributed by atoms with Gasteiger partial charge < -0.3 is 24.7 Å². The molecule has 0 atom stereocenters. The second kappa shape index (κ2) is 10.3. The van der Waals surface area contributed by atoms with E-state index in [2.05, 4.69) is 0 Å². The molecule has 2 N–H and O–H groups in total. The number of nitrogens with two attached hydrogens (primary N) is 1. The molecule has 0 unspecified atom stereocenters. The van der Waals surface area contributed by atoms with Crippen molar-refractivity contribution in [1.29, 1.82) is 0 Å². The average Bonchev–Trinajstić information content (AvgIpc) is 2.73. The third-order valence-corrected chi connectivity index (χ3v) is 4.66. The standard InChI is InChI=1S/C21H26N2O6/c1-26-9-10-28-13-14-29-12-11-27-8-7-23-20(24)16-4-2-3-15-18(22)6-5-17(19(15)16)21(23)25/h2-6H,7-14,22H2,1H3. The van der Waals surface area contributed by atoms with Crippen LogP contribution in [0.1, 0.15) is 20.7 Å². The molecule has 3 rings (SSSR count). The van der Waals surface area contributed by atoms with Crippen molar-refractivity contribution in [2.45, 2.75) is 0 Å². The molecule has 2 aromatic rings. The number of carbonyl (C=O) groups excluding carboxylic acids is 2. The van der Waals surface area contributed by atoms with E-state index in [-0.39, 0.29) is 25.0 Å². The maximum atomic E-state index is 12.8. The summed E-state index contributed by atoms with van der Waals surface area (Å²) in [4.78, 5) is 26.8. The van der Waals surface area contributed by atoms with E-state index in [1.165, 1.54) is 4.90 Å². The Morgan fingerprint density at radius 1 is 0.793 bits per heavy atom. The van der Waals surface area contributed by atoms with Gasteiger partial charge in [0.15, 0.2) is 0 Å². The van der Waals surface area contributed by atoms with E-state index >= 15 is 0 Å². The number of rotatable bonds is 12. The highest BCUT2D eigenvalue weighted by molar-refractivity contribution is 6.26. The van der Waals surface area contributed by atoms with Crippen LogP contribution < -0.4 is 5.73 Å². The minimum atomic E-state index is -0.327. The molecular weight excluding hydrogens is 376 g/mol. The van der Waals surface area contributed by atoms with Gasteiger partial charge in [-0.3, -0.25) is 14.5 Å². The molecule has 0 saturated carbocycles. The van der Waals surface area contributed by atoms with Crippen LogP contribution in [0.3, 0.4) is 0 Å². The quantitative estimate of drug-likeness (QED) is 0.328. The molecule has 1 aliphatic rings. The predicted octanol–water partition coefficient (Wildman–Crippen LogP) is 1.71. The van der Waals surface area contributed by atoms with E-state index in [0.29, 0.717) is 61.8 Å². The number of methoxy groups -OCH3 is 1. The van der Waals surface area contributed by atoms with Crippen molar-refractivity contribution in [1.82, 2.24) is 4.90 Å². The summed E-state index contributed by atoms with van der Waals surface area (Å²) in [5.74, 6) is -0.654. The molecule has 0 saturated heterocycles. The number of imide groups is 1. The molecule has 8 heteroatoms. The molecule has 0 fully saturated rings. The summed E-state index contributed by atoms with van der Waals surface area (Å²) in [6.07, 6.45) is 0. The van der Waals surface area contributed by atoms with Crippen LogP contribution in [-0.4, -0.2) is 76.6 Å². The molecule has 1 heterocycles. The Kier molecular flexibility index (Phi) is 7.54. The fourth-order valence-electron chi connectivity index (χ4n) is 3.21. The van der Waals surface area contributed by atoms with E-state index < -0.39 is 0 Å². The number of ether oxygens (including phenoxy) is 4. The third kappa shape index (κ3) is 4.91. The van der Waals surface area contributed by atoms with Gasteiger partial charge in [0.1, 0.15) is 0 Å². The number of nitrogens with zero attached hydrogens (tertiary/aromatic N) is 1. The Morgan fingerprint density at radius 3 is 2.03 bits per heavy atom. The normalized spacial score (nSPS) is 13.5. The van der Waals surface area contributed by atoms with Gasteiger partial charge in [-0.1, -0.05) is 12.1 Å². The van der Waals surface area contributed by atoms with Gasteiger partial charge in [-0.05, 0) is 18.2 Å². The summed E-state index contributed by atoms with van der Waals surface area (Å²) in [5.41, 5.74) is 7.52. The molecule has 156 valence electrons. The first-order chi connectivity index (χ1) is 14.1. The Bertz CT molecular complexity index is 847. The summed E-state index contributed by atoms with van der Waals surface area (Å²) in [5, 5.41) is 1.35. The van der Waals surface area contributed by atoms with Gasteiger partial charge in [0.25, 0.3) is 11.8 Å². The SMILES string of the molecule is COCCOCCOCCOCCN1C(=O)c2cccc3c(N)ccc(c23)C1=O. The Morgan fingerprint density at radius 2 is 1.38 bits per heavy atom. The number of benzene rings is 2. The van der Waals surface area contributed by atoms with E-state index in [4.69, 9.17) is 24.7 Å². The second-order valence-corrected chi connectivity index (χ2v) is 6.52. The van der Waals surface area contributed by atoms with Crippen molar-refractivity contribution in [3.8, 4) is 0 Å². The minimum Gasteiger partial charge on any atom is -0.398 e. The van der Waals surface area contributed by atoms with Crippen molar-refractivity contribution in [3.63, 3.8) is 0 Å². The zero-order valence-electron chi connectivity index (χ0n) is 16.5. The highest BCUT2D eigenvalue weighted by Crippen LogP contribution is 2.32. The van der Waals surface area contributed by atoms with Crippen LogP contribution in [0.5, 0.6) is 0 Å². The molecule has 0 aromatic heterocycles. The number of hydrogen-bond acceptors (Lipinski definition) is 7. The highest BCUT2D eigenvalue weighted by atomic mass is 16.6. The Hall–Kier alpha value is -2.52. The van der Waals surface area contributed by atoms with Crippen molar-refractivity contribution in [3.05, 3.63) is 41.5 Å². The van der Waals surface area contributed by atoms with Crippen molar-refractivity contribution >= 4 is 28.3 Å². The van der Waals surface area contributed by atoms with Gasteiger partial charge >= 0.3 is 0 Å². The Balaban J connectivity index is 1.45. The van der Waals surface area contributed by atoms with Crippen molar-refractivity contribution in [2.24, 2.45) is 0 Å². The zero-order valence-corrected chi connectivity index (χ0v) is 16.5. The van der Waals surface area contributed by atoms with Gasteiger partial charge in [-0.2, -0.15) is 0 Å². The molecule has 2 amide bonds. The van der Waals surface area contributed by atoms with E-state index in [1.807, 2.05) is 6.07 Å². The first-order valence-corrected chi connectivity index (χ1v) is 9.54. The molecular formula is C21H26N2O6. The van der Waals surface area contributed by atoms with Crippen LogP contribution >= 0.6 is 0 Å². The molecule has 0 aliphatic carbocycles. The molecule has 0 bridgehead atoms. The maximum absolute atomic E-state index is 12.8. The lowest BCUT2D eigenvalue weighted by atomic mass is 9.93. The smallest absolute Gasteiger partial charge is 0.261 e. The van der Waals surface area contributed by atoms with Gasteiger partial charge in [0, 0.05) is 34.7 Å². The minimum absolute atomic E-state index is 0.179. The monoisotopic (exact) mass is 402 g/mol.